The van der Waals surface area contributed by atoms with Crippen molar-refractivity contribution >= 4 is 21.9 Å². The van der Waals surface area contributed by atoms with Crippen LogP contribution in [-0.2, 0) is 16.1 Å². The Hall–Kier alpha value is -1.07. The predicted octanol–water partition coefficient (Wildman–Crippen LogP) is 2.84. The van der Waals surface area contributed by atoms with Crippen LogP contribution in [0.5, 0.6) is 5.75 Å². The summed E-state index contributed by atoms with van der Waals surface area (Å²) in [5, 5.41) is 0. The maximum absolute atomic E-state index is 11.0. The van der Waals surface area contributed by atoms with E-state index in [0.29, 0.717) is 6.42 Å². The molecule has 0 saturated heterocycles. The topological polar surface area (TPSA) is 38.8 Å². The normalized spacial score (nSPS) is 10.6. The molecule has 0 radical (unpaired) electrons. The molecule has 1 aromatic rings. The van der Waals surface area contributed by atoms with Gasteiger partial charge in [-0.25, -0.2) is 0 Å². The molecular formula is C14H20BrNO3. The first kappa shape index (κ1) is 16.0. The Morgan fingerprint density at radius 2 is 2.11 bits per heavy atom. The van der Waals surface area contributed by atoms with Crippen molar-refractivity contribution in [2.24, 2.45) is 0 Å². The van der Waals surface area contributed by atoms with E-state index in [1.54, 1.807) is 7.11 Å². The lowest BCUT2D eigenvalue weighted by atomic mass is 10.2. The SMILES string of the molecule is COC(=O)CCCN(C)Cc1cc(Br)ccc1OC. The van der Waals surface area contributed by atoms with Crippen molar-refractivity contribution in [2.45, 2.75) is 19.4 Å². The van der Waals surface area contributed by atoms with Gasteiger partial charge in [0.25, 0.3) is 0 Å². The zero-order valence-corrected chi connectivity index (χ0v) is 13.2. The summed E-state index contributed by atoms with van der Waals surface area (Å²) in [6.07, 6.45) is 1.25. The minimum absolute atomic E-state index is 0.159. The number of carbonyl (C=O) groups excluding carboxylic acids is 1. The van der Waals surface area contributed by atoms with Gasteiger partial charge in [-0.15, -0.1) is 0 Å². The number of esters is 1. The smallest absolute Gasteiger partial charge is 0.305 e. The number of ether oxygens (including phenoxy) is 2. The van der Waals surface area contributed by atoms with Gasteiger partial charge in [-0.05, 0) is 38.2 Å². The third-order valence-corrected chi connectivity index (χ3v) is 3.32. The van der Waals surface area contributed by atoms with Crippen molar-refractivity contribution in [2.75, 3.05) is 27.8 Å². The molecule has 0 heterocycles. The van der Waals surface area contributed by atoms with Crippen LogP contribution >= 0.6 is 15.9 Å². The molecular weight excluding hydrogens is 310 g/mol. The fraction of sp³-hybridized carbons (Fsp3) is 0.500. The summed E-state index contributed by atoms with van der Waals surface area (Å²) >= 11 is 3.46. The molecule has 0 amide bonds. The molecule has 0 aliphatic heterocycles. The molecule has 1 aromatic carbocycles. The summed E-state index contributed by atoms with van der Waals surface area (Å²) < 4.78 is 11.0. The van der Waals surface area contributed by atoms with Gasteiger partial charge >= 0.3 is 5.97 Å². The number of carbonyl (C=O) groups is 1. The highest BCUT2D eigenvalue weighted by atomic mass is 79.9. The van der Waals surface area contributed by atoms with Crippen molar-refractivity contribution in [3.05, 3.63) is 28.2 Å². The number of halogens is 1. The Kier molecular flexibility index (Phi) is 6.87. The Morgan fingerprint density at radius 1 is 1.37 bits per heavy atom. The number of nitrogens with zero attached hydrogens (tertiary/aromatic N) is 1. The maximum Gasteiger partial charge on any atom is 0.305 e. The zero-order chi connectivity index (χ0) is 14.3. The Morgan fingerprint density at radius 3 is 2.74 bits per heavy atom. The molecule has 0 N–H and O–H groups in total. The molecule has 0 spiro atoms. The van der Waals surface area contributed by atoms with Crippen molar-refractivity contribution in [3.63, 3.8) is 0 Å². The molecule has 1 rings (SSSR count). The van der Waals surface area contributed by atoms with Gasteiger partial charge in [0.2, 0.25) is 0 Å². The van der Waals surface area contributed by atoms with Crippen LogP contribution in [0.2, 0.25) is 0 Å². The molecule has 19 heavy (non-hydrogen) atoms. The largest absolute Gasteiger partial charge is 0.496 e. The predicted molar refractivity (Wildman–Crippen MR) is 78.3 cm³/mol. The summed E-state index contributed by atoms with van der Waals surface area (Å²) in [5.41, 5.74) is 1.12. The minimum Gasteiger partial charge on any atom is -0.496 e. The van der Waals surface area contributed by atoms with E-state index in [2.05, 4.69) is 31.6 Å². The van der Waals surface area contributed by atoms with E-state index in [0.717, 1.165) is 35.3 Å². The maximum atomic E-state index is 11.0. The number of hydrogen-bond donors (Lipinski definition) is 0. The van der Waals surface area contributed by atoms with Gasteiger partial charge in [-0.1, -0.05) is 15.9 Å². The first-order valence-corrected chi connectivity index (χ1v) is 6.94. The molecule has 0 aliphatic rings. The van der Waals surface area contributed by atoms with Gasteiger partial charge in [0.05, 0.1) is 14.2 Å². The van der Waals surface area contributed by atoms with Crippen molar-refractivity contribution < 1.29 is 14.3 Å². The number of benzene rings is 1. The van der Waals surface area contributed by atoms with E-state index < -0.39 is 0 Å². The van der Waals surface area contributed by atoms with Gasteiger partial charge < -0.3 is 14.4 Å². The zero-order valence-electron chi connectivity index (χ0n) is 11.6. The first-order valence-electron chi connectivity index (χ1n) is 6.14. The average Bonchev–Trinajstić information content (AvgIpc) is 2.38. The van der Waals surface area contributed by atoms with Gasteiger partial charge in [0.1, 0.15) is 5.75 Å². The minimum atomic E-state index is -0.159. The lowest BCUT2D eigenvalue weighted by Crippen LogP contribution is -2.20. The van der Waals surface area contributed by atoms with E-state index >= 15 is 0 Å². The first-order chi connectivity index (χ1) is 9.06. The fourth-order valence-electron chi connectivity index (χ4n) is 1.84. The highest BCUT2D eigenvalue weighted by molar-refractivity contribution is 9.10. The molecule has 4 nitrogen and oxygen atoms in total. The number of hydrogen-bond acceptors (Lipinski definition) is 4. The van der Waals surface area contributed by atoms with E-state index in [4.69, 9.17) is 4.74 Å². The standard InChI is InChI=1S/C14H20BrNO3/c1-16(8-4-5-14(17)19-3)10-11-9-12(15)6-7-13(11)18-2/h6-7,9H,4-5,8,10H2,1-3H3. The number of methoxy groups -OCH3 is 2. The summed E-state index contributed by atoms with van der Waals surface area (Å²) in [6, 6.07) is 5.96. The third-order valence-electron chi connectivity index (χ3n) is 2.83. The molecule has 0 aromatic heterocycles. The van der Waals surface area contributed by atoms with Crippen LogP contribution < -0.4 is 4.74 Å². The van der Waals surface area contributed by atoms with Gasteiger partial charge in [0.15, 0.2) is 0 Å². The molecule has 0 fully saturated rings. The average molecular weight is 330 g/mol. The van der Waals surface area contributed by atoms with Crippen LogP contribution in [0.1, 0.15) is 18.4 Å². The van der Waals surface area contributed by atoms with Crippen molar-refractivity contribution in [1.82, 2.24) is 4.90 Å². The second-order valence-electron chi connectivity index (χ2n) is 4.37. The highest BCUT2D eigenvalue weighted by Gasteiger charge is 2.08. The van der Waals surface area contributed by atoms with Crippen LogP contribution in [0, 0.1) is 0 Å². The van der Waals surface area contributed by atoms with Crippen LogP contribution in [0.25, 0.3) is 0 Å². The molecule has 0 saturated carbocycles. The van der Waals surface area contributed by atoms with Crippen LogP contribution in [0.4, 0.5) is 0 Å². The summed E-state index contributed by atoms with van der Waals surface area (Å²) in [4.78, 5) is 13.2. The second kappa shape index (κ2) is 8.17. The fourth-order valence-corrected chi connectivity index (χ4v) is 2.24. The Bertz CT molecular complexity index is 423. The lowest BCUT2D eigenvalue weighted by Gasteiger charge is -2.18. The molecule has 0 aliphatic carbocycles. The monoisotopic (exact) mass is 329 g/mol. The van der Waals surface area contributed by atoms with Gasteiger partial charge in [0, 0.05) is 23.0 Å². The third kappa shape index (κ3) is 5.61. The highest BCUT2D eigenvalue weighted by Crippen LogP contribution is 2.24. The lowest BCUT2D eigenvalue weighted by molar-refractivity contribution is -0.140. The van der Waals surface area contributed by atoms with Crippen LogP contribution in [0.15, 0.2) is 22.7 Å². The Balaban J connectivity index is 2.49. The van der Waals surface area contributed by atoms with Crippen molar-refractivity contribution in [3.8, 4) is 5.75 Å². The molecule has 0 atom stereocenters. The molecule has 106 valence electrons. The Labute approximate surface area is 122 Å². The van der Waals surface area contributed by atoms with E-state index in [-0.39, 0.29) is 5.97 Å². The summed E-state index contributed by atoms with van der Waals surface area (Å²) in [6.45, 7) is 1.62. The molecule has 5 heteroatoms. The molecule has 0 bridgehead atoms. The van der Waals surface area contributed by atoms with Gasteiger partial charge in [-0.2, -0.15) is 0 Å². The van der Waals surface area contributed by atoms with E-state index in [9.17, 15) is 4.79 Å². The molecule has 0 unspecified atom stereocenters. The van der Waals surface area contributed by atoms with Crippen molar-refractivity contribution in [1.29, 1.82) is 0 Å². The second-order valence-corrected chi connectivity index (χ2v) is 5.29. The van der Waals surface area contributed by atoms with E-state index in [1.165, 1.54) is 7.11 Å². The summed E-state index contributed by atoms with van der Waals surface area (Å²) in [7, 11) is 5.11. The van der Waals surface area contributed by atoms with E-state index in [1.807, 2.05) is 19.2 Å². The van der Waals surface area contributed by atoms with Crippen LogP contribution in [-0.4, -0.2) is 38.7 Å². The quantitative estimate of drug-likeness (QED) is 0.721. The number of rotatable bonds is 7. The summed E-state index contributed by atoms with van der Waals surface area (Å²) in [5.74, 6) is 0.719. The van der Waals surface area contributed by atoms with Gasteiger partial charge in [-0.3, -0.25) is 4.79 Å². The van der Waals surface area contributed by atoms with Crippen LogP contribution in [0.3, 0.4) is 0 Å².